The third-order valence-corrected chi connectivity index (χ3v) is 5.72. The van der Waals surface area contributed by atoms with Crippen LogP contribution in [-0.4, -0.2) is 41.8 Å². The van der Waals surface area contributed by atoms with Crippen molar-refractivity contribution < 1.29 is 14.6 Å². The summed E-state index contributed by atoms with van der Waals surface area (Å²) in [5.41, 5.74) is 1.82. The fourth-order valence-corrected chi connectivity index (χ4v) is 4.45. The number of nitrogens with zero attached hydrogens (tertiary/aromatic N) is 1. The van der Waals surface area contributed by atoms with Crippen molar-refractivity contribution in [1.29, 1.82) is 0 Å². The van der Waals surface area contributed by atoms with Crippen LogP contribution in [0.5, 0.6) is 0 Å². The molecule has 3 atom stereocenters. The second-order valence-corrected chi connectivity index (χ2v) is 6.69. The molecule has 2 heterocycles. The summed E-state index contributed by atoms with van der Waals surface area (Å²) < 4.78 is 4.80. The highest BCUT2D eigenvalue weighted by Crippen LogP contribution is 2.51. The first-order chi connectivity index (χ1) is 10.6. The summed E-state index contributed by atoms with van der Waals surface area (Å²) in [6.07, 6.45) is 4.53. The first-order valence-corrected chi connectivity index (χ1v) is 8.17. The molecule has 0 aromatic heterocycles. The Labute approximate surface area is 132 Å². The Morgan fingerprint density at radius 2 is 2.27 bits per heavy atom. The maximum atomic E-state index is 11.7. The molecule has 0 radical (unpaired) electrons. The van der Waals surface area contributed by atoms with E-state index >= 15 is 0 Å². The molecule has 22 heavy (non-hydrogen) atoms. The number of carbonyl (C=O) groups is 1. The van der Waals surface area contributed by atoms with E-state index in [-0.39, 0.29) is 18.0 Å². The second kappa shape index (κ2) is 6.01. The number of ether oxygens (including phenoxy) is 1. The normalized spacial score (nSPS) is 30.7. The number of fused-ring (bicyclic) bond motifs is 2. The van der Waals surface area contributed by atoms with Gasteiger partial charge in [-0.25, -0.2) is 4.79 Å². The number of aliphatic hydroxyl groups is 1. The van der Waals surface area contributed by atoms with E-state index < -0.39 is 0 Å². The molecule has 3 rings (SSSR count). The number of methoxy groups -OCH3 is 1. The summed E-state index contributed by atoms with van der Waals surface area (Å²) in [5, 5.41) is 9.88. The van der Waals surface area contributed by atoms with Crippen LogP contribution < -0.4 is 0 Å². The largest absolute Gasteiger partial charge is 0.465 e. The van der Waals surface area contributed by atoms with Gasteiger partial charge in [-0.15, -0.1) is 0 Å². The maximum Gasteiger partial charge on any atom is 0.337 e. The topological polar surface area (TPSA) is 49.8 Å². The molecule has 0 unspecified atom stereocenters. The van der Waals surface area contributed by atoms with Gasteiger partial charge in [-0.1, -0.05) is 19.1 Å². The van der Waals surface area contributed by atoms with Gasteiger partial charge in [0.2, 0.25) is 0 Å². The van der Waals surface area contributed by atoms with Gasteiger partial charge in [0.1, 0.15) is 0 Å². The predicted octanol–water partition coefficient (Wildman–Crippen LogP) is 2.60. The highest BCUT2D eigenvalue weighted by molar-refractivity contribution is 5.89. The maximum absolute atomic E-state index is 11.7. The predicted molar refractivity (Wildman–Crippen MR) is 84.6 cm³/mol. The lowest BCUT2D eigenvalue weighted by Crippen LogP contribution is -2.39. The van der Waals surface area contributed by atoms with Crippen molar-refractivity contribution in [2.75, 3.05) is 13.7 Å². The van der Waals surface area contributed by atoms with Gasteiger partial charge in [0, 0.05) is 24.0 Å². The van der Waals surface area contributed by atoms with Crippen LogP contribution in [0.25, 0.3) is 0 Å². The van der Waals surface area contributed by atoms with Crippen molar-refractivity contribution in [3.63, 3.8) is 0 Å². The molecular weight excluding hydrogens is 278 g/mol. The van der Waals surface area contributed by atoms with Crippen LogP contribution in [0.3, 0.4) is 0 Å². The molecule has 0 saturated carbocycles. The Morgan fingerprint density at radius 3 is 2.91 bits per heavy atom. The Kier molecular flexibility index (Phi) is 4.24. The minimum atomic E-state index is -0.287. The molecule has 1 aromatic carbocycles. The van der Waals surface area contributed by atoms with E-state index in [1.807, 2.05) is 12.1 Å². The SMILES string of the molecule is CC[C@]1(CO)C[C@H]2CC[C@@H]1N2Cc1cccc(C(=O)OC)c1. The van der Waals surface area contributed by atoms with Gasteiger partial charge in [-0.3, -0.25) is 4.90 Å². The van der Waals surface area contributed by atoms with E-state index in [1.165, 1.54) is 20.0 Å². The summed E-state index contributed by atoms with van der Waals surface area (Å²) >= 11 is 0. The van der Waals surface area contributed by atoms with Crippen LogP contribution >= 0.6 is 0 Å². The van der Waals surface area contributed by atoms with Crippen molar-refractivity contribution in [1.82, 2.24) is 4.90 Å². The number of benzene rings is 1. The van der Waals surface area contributed by atoms with Gasteiger partial charge in [0.15, 0.2) is 0 Å². The molecule has 2 fully saturated rings. The van der Waals surface area contributed by atoms with Crippen LogP contribution in [0.15, 0.2) is 24.3 Å². The van der Waals surface area contributed by atoms with E-state index in [0.29, 0.717) is 17.6 Å². The van der Waals surface area contributed by atoms with E-state index in [9.17, 15) is 9.90 Å². The van der Waals surface area contributed by atoms with Gasteiger partial charge >= 0.3 is 5.97 Å². The van der Waals surface area contributed by atoms with Crippen LogP contribution in [0.4, 0.5) is 0 Å². The molecule has 4 nitrogen and oxygen atoms in total. The van der Waals surface area contributed by atoms with Crippen LogP contribution in [0.2, 0.25) is 0 Å². The third kappa shape index (κ3) is 2.44. The lowest BCUT2D eigenvalue weighted by molar-refractivity contribution is 0.0600. The number of rotatable bonds is 5. The van der Waals surface area contributed by atoms with Gasteiger partial charge in [0.25, 0.3) is 0 Å². The first-order valence-electron chi connectivity index (χ1n) is 8.17. The van der Waals surface area contributed by atoms with Crippen molar-refractivity contribution in [3.8, 4) is 0 Å². The van der Waals surface area contributed by atoms with E-state index in [0.717, 1.165) is 24.9 Å². The zero-order chi connectivity index (χ0) is 15.7. The van der Waals surface area contributed by atoms with E-state index in [1.54, 1.807) is 6.07 Å². The molecule has 2 bridgehead atoms. The molecule has 120 valence electrons. The first kappa shape index (κ1) is 15.5. The summed E-state index contributed by atoms with van der Waals surface area (Å²) in [4.78, 5) is 14.2. The summed E-state index contributed by atoms with van der Waals surface area (Å²) in [5.74, 6) is -0.287. The minimum absolute atomic E-state index is 0.0723. The lowest BCUT2D eigenvalue weighted by atomic mass is 9.72. The van der Waals surface area contributed by atoms with Gasteiger partial charge < -0.3 is 9.84 Å². The van der Waals surface area contributed by atoms with E-state index in [4.69, 9.17) is 4.74 Å². The third-order valence-electron chi connectivity index (χ3n) is 5.72. The lowest BCUT2D eigenvalue weighted by Gasteiger charge is -2.35. The average molecular weight is 303 g/mol. The number of hydrogen-bond acceptors (Lipinski definition) is 4. The van der Waals surface area contributed by atoms with Crippen LogP contribution in [-0.2, 0) is 11.3 Å². The summed E-state index contributed by atoms with van der Waals surface area (Å²) in [6, 6.07) is 8.73. The quantitative estimate of drug-likeness (QED) is 0.850. The van der Waals surface area contributed by atoms with Crippen molar-refractivity contribution in [2.24, 2.45) is 5.41 Å². The van der Waals surface area contributed by atoms with Crippen molar-refractivity contribution in [2.45, 2.75) is 51.2 Å². The van der Waals surface area contributed by atoms with Gasteiger partial charge in [-0.05, 0) is 43.4 Å². The fraction of sp³-hybridized carbons (Fsp3) is 0.611. The smallest absolute Gasteiger partial charge is 0.337 e. The molecule has 2 saturated heterocycles. The highest BCUT2D eigenvalue weighted by Gasteiger charge is 2.54. The Hall–Kier alpha value is -1.39. The van der Waals surface area contributed by atoms with E-state index in [2.05, 4.69) is 17.9 Å². The molecule has 0 aliphatic carbocycles. The Morgan fingerprint density at radius 1 is 1.45 bits per heavy atom. The standard InChI is InChI=1S/C18H25NO3/c1-3-18(12-20)10-15-7-8-16(18)19(15)11-13-5-4-6-14(9-13)17(21)22-2/h4-6,9,15-16,20H,3,7-8,10-12H2,1-2H3/t15-,16+,18-/m1/s1. The zero-order valence-corrected chi connectivity index (χ0v) is 13.4. The monoisotopic (exact) mass is 303 g/mol. The average Bonchev–Trinajstić information content (AvgIpc) is 3.09. The van der Waals surface area contributed by atoms with Crippen LogP contribution in [0, 0.1) is 5.41 Å². The number of esters is 1. The van der Waals surface area contributed by atoms with Gasteiger partial charge in [0.05, 0.1) is 19.3 Å². The van der Waals surface area contributed by atoms with Crippen molar-refractivity contribution >= 4 is 5.97 Å². The molecule has 2 aliphatic rings. The molecule has 1 aromatic rings. The Balaban J connectivity index is 1.78. The molecule has 0 amide bonds. The summed E-state index contributed by atoms with van der Waals surface area (Å²) in [6.45, 7) is 3.32. The van der Waals surface area contributed by atoms with Crippen molar-refractivity contribution in [3.05, 3.63) is 35.4 Å². The number of carbonyl (C=O) groups excluding carboxylic acids is 1. The molecule has 0 spiro atoms. The molecule has 4 heteroatoms. The fourth-order valence-electron chi connectivity index (χ4n) is 4.45. The second-order valence-electron chi connectivity index (χ2n) is 6.69. The molecular formula is C18H25NO3. The number of hydrogen-bond donors (Lipinski definition) is 1. The number of aliphatic hydroxyl groups excluding tert-OH is 1. The molecule has 1 N–H and O–H groups in total. The highest BCUT2D eigenvalue weighted by atomic mass is 16.5. The Bertz CT molecular complexity index is 553. The zero-order valence-electron chi connectivity index (χ0n) is 13.4. The minimum Gasteiger partial charge on any atom is -0.465 e. The van der Waals surface area contributed by atoms with Gasteiger partial charge in [-0.2, -0.15) is 0 Å². The van der Waals surface area contributed by atoms with Crippen LogP contribution in [0.1, 0.15) is 48.5 Å². The summed E-state index contributed by atoms with van der Waals surface area (Å²) in [7, 11) is 1.41. The molecule has 2 aliphatic heterocycles.